The minimum Gasteiger partial charge on any atom is -0.206 e. The molecular weight excluding hydrogens is 319 g/mol. The fourth-order valence-electron chi connectivity index (χ4n) is 3.13. The van der Waals surface area contributed by atoms with Crippen molar-refractivity contribution in [2.24, 2.45) is 0 Å². The molecule has 0 radical (unpaired) electrons. The van der Waals surface area contributed by atoms with Gasteiger partial charge in [0.25, 0.3) is 0 Å². The second-order valence-electron chi connectivity index (χ2n) is 6.55. The van der Waals surface area contributed by atoms with Gasteiger partial charge in [0, 0.05) is 5.56 Å². The molecule has 0 saturated heterocycles. The van der Waals surface area contributed by atoms with Crippen LogP contribution in [0.1, 0.15) is 31.4 Å². The topological polar surface area (TPSA) is 0 Å². The second-order valence-corrected chi connectivity index (χ2v) is 6.55. The smallest absolute Gasteiger partial charge is 0.131 e. The summed E-state index contributed by atoms with van der Waals surface area (Å²) in [7, 11) is 0. The number of benzene rings is 3. The molecule has 0 heterocycles. The molecular formula is C25H25F. The fraction of sp³-hybridized carbons (Fsp3) is 0.200. The maximum atomic E-state index is 14.7. The summed E-state index contributed by atoms with van der Waals surface area (Å²) in [5.41, 5.74) is 6.10. The summed E-state index contributed by atoms with van der Waals surface area (Å²) < 4.78 is 14.7. The number of aryl methyl sites for hydroxylation is 2. The first kappa shape index (κ1) is 18.1. The lowest BCUT2D eigenvalue weighted by atomic mass is 9.97. The van der Waals surface area contributed by atoms with Gasteiger partial charge in [0.15, 0.2) is 0 Å². The van der Waals surface area contributed by atoms with Gasteiger partial charge >= 0.3 is 0 Å². The minimum atomic E-state index is -0.177. The Morgan fingerprint density at radius 3 is 2.00 bits per heavy atom. The van der Waals surface area contributed by atoms with E-state index in [1.807, 2.05) is 31.2 Å². The van der Waals surface area contributed by atoms with E-state index < -0.39 is 0 Å². The van der Waals surface area contributed by atoms with E-state index in [0.29, 0.717) is 5.56 Å². The van der Waals surface area contributed by atoms with Crippen molar-refractivity contribution < 1.29 is 4.39 Å². The standard InChI is InChI=1S/C25H25F/c1-3-5-6-7-20-10-12-21(13-11-20)23-16-17-24(25(26)18-23)22-14-8-19(4-2)9-15-22/h3,5,8-18H,4,6-7H2,1-2H3. The van der Waals surface area contributed by atoms with Gasteiger partial charge in [-0.05, 0) is 60.1 Å². The highest BCUT2D eigenvalue weighted by molar-refractivity contribution is 5.71. The molecule has 26 heavy (non-hydrogen) atoms. The molecule has 0 bridgehead atoms. The van der Waals surface area contributed by atoms with Gasteiger partial charge in [-0.1, -0.05) is 79.7 Å². The summed E-state index contributed by atoms with van der Waals surface area (Å²) in [6.45, 7) is 4.16. The molecule has 0 aliphatic carbocycles. The van der Waals surface area contributed by atoms with Crippen LogP contribution in [0.25, 0.3) is 22.3 Å². The number of hydrogen-bond donors (Lipinski definition) is 0. The van der Waals surface area contributed by atoms with Crippen molar-refractivity contribution in [2.75, 3.05) is 0 Å². The van der Waals surface area contributed by atoms with Crippen LogP contribution in [0.5, 0.6) is 0 Å². The van der Waals surface area contributed by atoms with Crippen molar-refractivity contribution in [3.63, 3.8) is 0 Å². The molecule has 0 nitrogen and oxygen atoms in total. The third-order valence-corrected chi connectivity index (χ3v) is 4.76. The Morgan fingerprint density at radius 1 is 0.769 bits per heavy atom. The Morgan fingerprint density at radius 2 is 1.38 bits per heavy atom. The third kappa shape index (κ3) is 4.29. The molecule has 132 valence electrons. The Hall–Kier alpha value is -2.67. The molecule has 0 aromatic heterocycles. The molecule has 3 aromatic rings. The first-order valence-corrected chi connectivity index (χ1v) is 9.30. The van der Waals surface area contributed by atoms with Gasteiger partial charge in [-0.25, -0.2) is 4.39 Å². The van der Waals surface area contributed by atoms with Crippen molar-refractivity contribution >= 4 is 0 Å². The van der Waals surface area contributed by atoms with E-state index >= 15 is 0 Å². The highest BCUT2D eigenvalue weighted by Crippen LogP contribution is 2.28. The normalized spacial score (nSPS) is 11.2. The molecule has 0 fully saturated rings. The van der Waals surface area contributed by atoms with E-state index in [1.165, 1.54) is 11.1 Å². The molecule has 0 saturated carbocycles. The monoisotopic (exact) mass is 344 g/mol. The first-order chi connectivity index (χ1) is 12.7. The molecule has 0 aliphatic rings. The summed E-state index contributed by atoms with van der Waals surface area (Å²) >= 11 is 0. The zero-order chi connectivity index (χ0) is 18.4. The predicted octanol–water partition coefficient (Wildman–Crippen LogP) is 7.23. The van der Waals surface area contributed by atoms with Gasteiger partial charge < -0.3 is 0 Å². The van der Waals surface area contributed by atoms with Crippen LogP contribution in [0.2, 0.25) is 0 Å². The highest BCUT2D eigenvalue weighted by Gasteiger charge is 2.07. The SMILES string of the molecule is CC=CCCc1ccc(-c2ccc(-c3ccc(CC)cc3)c(F)c2)cc1. The molecule has 0 amide bonds. The van der Waals surface area contributed by atoms with E-state index in [-0.39, 0.29) is 5.82 Å². The molecule has 1 heteroatoms. The number of halogens is 1. The lowest BCUT2D eigenvalue weighted by molar-refractivity contribution is 0.632. The number of rotatable bonds is 6. The van der Waals surface area contributed by atoms with E-state index in [2.05, 4.69) is 55.5 Å². The van der Waals surface area contributed by atoms with Crippen molar-refractivity contribution in [1.29, 1.82) is 0 Å². The summed E-state index contributed by atoms with van der Waals surface area (Å²) in [5, 5.41) is 0. The maximum Gasteiger partial charge on any atom is 0.131 e. The van der Waals surface area contributed by atoms with Gasteiger partial charge in [0.05, 0.1) is 0 Å². The van der Waals surface area contributed by atoms with Gasteiger partial charge in [-0.15, -0.1) is 0 Å². The molecule has 0 unspecified atom stereocenters. The van der Waals surface area contributed by atoms with E-state index in [0.717, 1.165) is 36.0 Å². The van der Waals surface area contributed by atoms with E-state index in [4.69, 9.17) is 0 Å². The van der Waals surface area contributed by atoms with E-state index in [9.17, 15) is 4.39 Å². The summed E-state index contributed by atoms with van der Waals surface area (Å²) in [6, 6.07) is 22.1. The Labute approximate surface area is 156 Å². The van der Waals surface area contributed by atoms with Crippen molar-refractivity contribution in [2.45, 2.75) is 33.1 Å². The third-order valence-electron chi connectivity index (χ3n) is 4.76. The summed E-state index contributed by atoms with van der Waals surface area (Å²) in [6.07, 6.45) is 7.33. The number of hydrogen-bond acceptors (Lipinski definition) is 0. The van der Waals surface area contributed by atoms with Crippen LogP contribution in [0.4, 0.5) is 4.39 Å². The molecule has 3 rings (SSSR count). The molecule has 0 aliphatic heterocycles. The summed E-state index contributed by atoms with van der Waals surface area (Å²) in [5.74, 6) is -0.177. The van der Waals surface area contributed by atoms with Crippen molar-refractivity contribution in [1.82, 2.24) is 0 Å². The van der Waals surface area contributed by atoms with Crippen LogP contribution < -0.4 is 0 Å². The van der Waals surface area contributed by atoms with E-state index in [1.54, 1.807) is 6.07 Å². The highest BCUT2D eigenvalue weighted by atomic mass is 19.1. The Kier molecular flexibility index (Phi) is 6.01. The van der Waals surface area contributed by atoms with Gasteiger partial charge in [-0.3, -0.25) is 0 Å². The molecule has 0 atom stereocenters. The van der Waals surface area contributed by atoms with Crippen LogP contribution >= 0.6 is 0 Å². The van der Waals surface area contributed by atoms with Crippen LogP contribution in [0.15, 0.2) is 78.9 Å². The van der Waals surface area contributed by atoms with Crippen LogP contribution in [0, 0.1) is 5.82 Å². The van der Waals surface area contributed by atoms with Gasteiger partial charge in [0.2, 0.25) is 0 Å². The first-order valence-electron chi connectivity index (χ1n) is 9.30. The van der Waals surface area contributed by atoms with Crippen LogP contribution in [-0.4, -0.2) is 0 Å². The van der Waals surface area contributed by atoms with Gasteiger partial charge in [-0.2, -0.15) is 0 Å². The average molecular weight is 344 g/mol. The van der Waals surface area contributed by atoms with Crippen LogP contribution in [-0.2, 0) is 12.8 Å². The lowest BCUT2D eigenvalue weighted by Crippen LogP contribution is -1.88. The second kappa shape index (κ2) is 8.62. The molecule has 3 aromatic carbocycles. The zero-order valence-corrected chi connectivity index (χ0v) is 15.5. The van der Waals surface area contributed by atoms with Crippen molar-refractivity contribution in [3.05, 3.63) is 95.8 Å². The molecule has 0 spiro atoms. The largest absolute Gasteiger partial charge is 0.206 e. The summed E-state index contributed by atoms with van der Waals surface area (Å²) in [4.78, 5) is 0. The van der Waals surface area contributed by atoms with Gasteiger partial charge in [0.1, 0.15) is 5.82 Å². The Bertz CT molecular complexity index is 871. The zero-order valence-electron chi connectivity index (χ0n) is 15.5. The van der Waals surface area contributed by atoms with Crippen molar-refractivity contribution in [3.8, 4) is 22.3 Å². The van der Waals surface area contributed by atoms with Crippen LogP contribution in [0.3, 0.4) is 0 Å². The fourth-order valence-corrected chi connectivity index (χ4v) is 3.13. The quantitative estimate of drug-likeness (QED) is 0.414. The maximum absolute atomic E-state index is 14.7. The Balaban J connectivity index is 1.80. The average Bonchev–Trinajstić information content (AvgIpc) is 2.69. The molecule has 0 N–H and O–H groups in total. The lowest BCUT2D eigenvalue weighted by Gasteiger charge is -2.08. The number of allylic oxidation sites excluding steroid dienone is 2. The predicted molar refractivity (Wildman–Crippen MR) is 110 cm³/mol. The minimum absolute atomic E-state index is 0.177.